The van der Waals surface area contributed by atoms with E-state index in [1.54, 1.807) is 0 Å². The zero-order valence-electron chi connectivity index (χ0n) is 12.4. The summed E-state index contributed by atoms with van der Waals surface area (Å²) >= 11 is 0. The van der Waals surface area contributed by atoms with Crippen molar-refractivity contribution in [2.75, 3.05) is 0 Å². The minimum atomic E-state index is 0.978. The second-order valence-electron chi connectivity index (χ2n) is 5.98. The van der Waals surface area contributed by atoms with Gasteiger partial charge in [0.05, 0.1) is 18.2 Å². The van der Waals surface area contributed by atoms with Crippen LogP contribution in [-0.4, -0.2) is 9.55 Å². The molecule has 2 heterocycles. The van der Waals surface area contributed by atoms with Crippen LogP contribution in [0.3, 0.4) is 0 Å². The fourth-order valence-electron chi connectivity index (χ4n) is 3.36. The Balaban J connectivity index is 0.000000133. The molecular formula is C18H24N2. The van der Waals surface area contributed by atoms with Crippen molar-refractivity contribution in [1.29, 1.82) is 0 Å². The minimum Gasteiger partial charge on any atom is -0.326 e. The number of fused-ring (bicyclic) bond motifs is 3. The summed E-state index contributed by atoms with van der Waals surface area (Å²) in [7, 11) is 0. The molecule has 2 nitrogen and oxygen atoms in total. The lowest BCUT2D eigenvalue weighted by Gasteiger charge is -2.18. The van der Waals surface area contributed by atoms with E-state index in [2.05, 4.69) is 40.7 Å². The van der Waals surface area contributed by atoms with Crippen molar-refractivity contribution >= 4 is 0 Å². The van der Waals surface area contributed by atoms with Gasteiger partial charge in [-0.3, -0.25) is 0 Å². The molecule has 0 unspecified atom stereocenters. The molecule has 2 heteroatoms. The standard InChI is InChI=1S/C10H8N2.C8H16/c1-2-4-9-8(3-1)6-12-7-11-5-10(9)12;1-2-8-6-4-3-5-7-8/h1-5,7H,6H2;8H,2-7H2,1H3. The zero-order valence-corrected chi connectivity index (χ0v) is 12.4. The van der Waals surface area contributed by atoms with Crippen LogP contribution in [0.25, 0.3) is 11.3 Å². The molecule has 1 fully saturated rings. The fourth-order valence-corrected chi connectivity index (χ4v) is 3.36. The summed E-state index contributed by atoms with van der Waals surface area (Å²) in [6.07, 6.45) is 12.7. The highest BCUT2D eigenvalue weighted by Gasteiger charge is 2.16. The van der Waals surface area contributed by atoms with Crippen molar-refractivity contribution in [2.24, 2.45) is 5.92 Å². The topological polar surface area (TPSA) is 17.8 Å². The van der Waals surface area contributed by atoms with Crippen molar-refractivity contribution in [3.8, 4) is 11.3 Å². The summed E-state index contributed by atoms with van der Waals surface area (Å²) in [6.45, 7) is 3.29. The lowest BCUT2D eigenvalue weighted by molar-refractivity contribution is 0.349. The van der Waals surface area contributed by atoms with Crippen LogP contribution in [0.5, 0.6) is 0 Å². The first-order chi connectivity index (χ1) is 9.88. The highest BCUT2D eigenvalue weighted by Crippen LogP contribution is 2.30. The highest BCUT2D eigenvalue weighted by molar-refractivity contribution is 5.67. The minimum absolute atomic E-state index is 0.978. The van der Waals surface area contributed by atoms with Gasteiger partial charge in [0.25, 0.3) is 0 Å². The molecule has 4 rings (SSSR count). The van der Waals surface area contributed by atoms with Gasteiger partial charge in [0, 0.05) is 12.1 Å². The average Bonchev–Trinajstić information content (AvgIpc) is 3.09. The highest BCUT2D eigenvalue weighted by atomic mass is 15.1. The maximum Gasteiger partial charge on any atom is 0.0954 e. The quantitative estimate of drug-likeness (QED) is 0.614. The summed E-state index contributed by atoms with van der Waals surface area (Å²) in [5.74, 6) is 1.09. The van der Waals surface area contributed by atoms with Crippen molar-refractivity contribution in [1.82, 2.24) is 9.55 Å². The first-order valence-electron chi connectivity index (χ1n) is 7.97. The van der Waals surface area contributed by atoms with Crippen LogP contribution < -0.4 is 0 Å². The predicted molar refractivity (Wildman–Crippen MR) is 83.6 cm³/mol. The Morgan fingerprint density at radius 1 is 1.15 bits per heavy atom. The molecule has 1 aliphatic heterocycles. The number of hydrogen-bond acceptors (Lipinski definition) is 1. The molecule has 20 heavy (non-hydrogen) atoms. The second-order valence-corrected chi connectivity index (χ2v) is 5.98. The number of benzene rings is 1. The van der Waals surface area contributed by atoms with Gasteiger partial charge in [0.15, 0.2) is 0 Å². The molecule has 1 aromatic heterocycles. The van der Waals surface area contributed by atoms with Crippen LogP contribution in [0.15, 0.2) is 36.8 Å². The van der Waals surface area contributed by atoms with E-state index in [9.17, 15) is 0 Å². The van der Waals surface area contributed by atoms with Gasteiger partial charge in [-0.1, -0.05) is 69.7 Å². The van der Waals surface area contributed by atoms with Gasteiger partial charge in [-0.05, 0) is 11.5 Å². The van der Waals surface area contributed by atoms with Crippen LogP contribution >= 0.6 is 0 Å². The van der Waals surface area contributed by atoms with Crippen LogP contribution in [0.1, 0.15) is 51.0 Å². The molecule has 106 valence electrons. The number of rotatable bonds is 1. The van der Waals surface area contributed by atoms with Crippen LogP contribution in [-0.2, 0) is 6.54 Å². The van der Waals surface area contributed by atoms with E-state index in [4.69, 9.17) is 0 Å². The lowest BCUT2D eigenvalue weighted by Crippen LogP contribution is -2.03. The zero-order chi connectivity index (χ0) is 13.8. The number of hydrogen-bond donors (Lipinski definition) is 0. The molecule has 0 amide bonds. The molecule has 1 saturated carbocycles. The lowest BCUT2D eigenvalue weighted by atomic mass is 9.88. The Labute approximate surface area is 121 Å². The van der Waals surface area contributed by atoms with Crippen molar-refractivity contribution in [3.63, 3.8) is 0 Å². The van der Waals surface area contributed by atoms with E-state index >= 15 is 0 Å². The van der Waals surface area contributed by atoms with Crippen molar-refractivity contribution in [3.05, 3.63) is 42.4 Å². The van der Waals surface area contributed by atoms with E-state index in [1.807, 2.05) is 12.5 Å². The normalized spacial score (nSPS) is 17.1. The summed E-state index contributed by atoms with van der Waals surface area (Å²) in [5.41, 5.74) is 3.97. The number of aromatic nitrogens is 2. The Morgan fingerprint density at radius 2 is 1.95 bits per heavy atom. The van der Waals surface area contributed by atoms with Gasteiger partial charge in [0.2, 0.25) is 0 Å². The van der Waals surface area contributed by atoms with Gasteiger partial charge < -0.3 is 4.57 Å². The van der Waals surface area contributed by atoms with Crippen molar-refractivity contribution in [2.45, 2.75) is 52.0 Å². The third-order valence-electron chi connectivity index (χ3n) is 4.65. The van der Waals surface area contributed by atoms with Gasteiger partial charge >= 0.3 is 0 Å². The summed E-state index contributed by atoms with van der Waals surface area (Å²) in [6, 6.07) is 8.47. The van der Waals surface area contributed by atoms with E-state index in [0.29, 0.717) is 0 Å². The molecule has 1 aliphatic carbocycles. The molecule has 1 aromatic carbocycles. The Bertz CT molecular complexity index is 550. The van der Waals surface area contributed by atoms with E-state index in [-0.39, 0.29) is 0 Å². The monoisotopic (exact) mass is 268 g/mol. The first-order valence-corrected chi connectivity index (χ1v) is 7.97. The third-order valence-corrected chi connectivity index (χ3v) is 4.65. The van der Waals surface area contributed by atoms with E-state index in [1.165, 1.54) is 55.3 Å². The first kappa shape index (κ1) is 13.4. The molecule has 0 spiro atoms. The molecule has 0 bridgehead atoms. The summed E-state index contributed by atoms with van der Waals surface area (Å²) in [5, 5.41) is 0. The van der Waals surface area contributed by atoms with Gasteiger partial charge in [-0.2, -0.15) is 0 Å². The maximum absolute atomic E-state index is 4.11. The molecule has 0 atom stereocenters. The Morgan fingerprint density at radius 3 is 2.70 bits per heavy atom. The Hall–Kier alpha value is -1.57. The fraction of sp³-hybridized carbons (Fsp3) is 0.500. The predicted octanol–water partition coefficient (Wildman–Crippen LogP) is 4.89. The number of nitrogens with zero attached hydrogens (tertiary/aromatic N) is 2. The van der Waals surface area contributed by atoms with Gasteiger partial charge in [-0.25, -0.2) is 4.98 Å². The third kappa shape index (κ3) is 2.79. The van der Waals surface area contributed by atoms with Crippen LogP contribution in [0.2, 0.25) is 0 Å². The van der Waals surface area contributed by atoms with Crippen molar-refractivity contribution < 1.29 is 0 Å². The summed E-state index contributed by atoms with van der Waals surface area (Å²) < 4.78 is 2.17. The summed E-state index contributed by atoms with van der Waals surface area (Å²) in [4.78, 5) is 4.11. The van der Waals surface area contributed by atoms with E-state index in [0.717, 1.165) is 12.5 Å². The molecule has 2 aromatic rings. The van der Waals surface area contributed by atoms with Crippen LogP contribution in [0, 0.1) is 5.92 Å². The molecule has 0 N–H and O–H groups in total. The largest absolute Gasteiger partial charge is 0.326 e. The SMILES string of the molecule is CCC1CCCCC1.c1ccc2c(c1)Cn1cncc1-2. The average molecular weight is 268 g/mol. The molecule has 2 aliphatic rings. The van der Waals surface area contributed by atoms with Gasteiger partial charge in [-0.15, -0.1) is 0 Å². The number of imidazole rings is 1. The molecular weight excluding hydrogens is 244 g/mol. The Kier molecular flexibility index (Phi) is 4.19. The molecule has 0 saturated heterocycles. The van der Waals surface area contributed by atoms with E-state index < -0.39 is 0 Å². The second kappa shape index (κ2) is 6.25. The molecule has 0 radical (unpaired) electrons. The van der Waals surface area contributed by atoms with Gasteiger partial charge in [0.1, 0.15) is 0 Å². The maximum atomic E-state index is 4.11. The smallest absolute Gasteiger partial charge is 0.0954 e. The van der Waals surface area contributed by atoms with Crippen LogP contribution in [0.4, 0.5) is 0 Å².